The Hall–Kier alpha value is -1.49. The van der Waals surface area contributed by atoms with Crippen molar-refractivity contribution in [3.63, 3.8) is 0 Å². The first-order valence-electron chi connectivity index (χ1n) is 6.21. The number of rotatable bonds is 6. The van der Waals surface area contributed by atoms with Gasteiger partial charge >= 0.3 is 5.97 Å². The van der Waals surface area contributed by atoms with E-state index in [-0.39, 0.29) is 12.0 Å². The van der Waals surface area contributed by atoms with Crippen LogP contribution in [0.1, 0.15) is 38.2 Å². The van der Waals surface area contributed by atoms with Gasteiger partial charge in [0.05, 0.1) is 23.3 Å². The molecule has 1 rings (SSSR count). The van der Waals surface area contributed by atoms with Gasteiger partial charge in [-0.05, 0) is 20.4 Å². The average molecular weight is 251 g/mol. The van der Waals surface area contributed by atoms with Crippen molar-refractivity contribution in [1.29, 1.82) is 0 Å². The number of aliphatic carboxylic acids is 1. The quantitative estimate of drug-likeness (QED) is 0.836. The van der Waals surface area contributed by atoms with Gasteiger partial charge in [0, 0.05) is 18.9 Å². The summed E-state index contributed by atoms with van der Waals surface area (Å²) in [6.07, 6.45) is 3.34. The fraction of sp³-hybridized carbons (Fsp3) is 0.615. The maximum Gasteiger partial charge on any atom is 0.307 e. The standard InChI is InChI=1S/C13H21N3O2/c1-5-16(8-9(2)13(17)18)11(4)12-10(3)14-6-7-15-12/h6-7,9,11H,5,8H2,1-4H3,(H,17,18). The largest absolute Gasteiger partial charge is 0.481 e. The van der Waals surface area contributed by atoms with Crippen molar-refractivity contribution >= 4 is 5.97 Å². The molecule has 0 saturated carbocycles. The molecule has 1 aromatic rings. The van der Waals surface area contributed by atoms with Crippen LogP contribution < -0.4 is 0 Å². The third-order valence-corrected chi connectivity index (χ3v) is 3.20. The summed E-state index contributed by atoms with van der Waals surface area (Å²) in [6, 6.07) is 0.0745. The lowest BCUT2D eigenvalue weighted by Crippen LogP contribution is -2.34. The first-order valence-corrected chi connectivity index (χ1v) is 6.21. The third kappa shape index (κ3) is 3.50. The van der Waals surface area contributed by atoms with Gasteiger partial charge in [-0.3, -0.25) is 19.7 Å². The Morgan fingerprint density at radius 2 is 2.00 bits per heavy atom. The second kappa shape index (κ2) is 6.44. The summed E-state index contributed by atoms with van der Waals surface area (Å²) in [5, 5.41) is 8.98. The van der Waals surface area contributed by atoms with Gasteiger partial charge in [0.25, 0.3) is 0 Å². The first-order chi connectivity index (χ1) is 8.47. The molecule has 0 spiro atoms. The Morgan fingerprint density at radius 3 is 2.50 bits per heavy atom. The van der Waals surface area contributed by atoms with Crippen molar-refractivity contribution in [3.8, 4) is 0 Å². The minimum atomic E-state index is -0.767. The fourth-order valence-electron chi connectivity index (χ4n) is 1.99. The Labute approximate surface area is 108 Å². The summed E-state index contributed by atoms with van der Waals surface area (Å²) < 4.78 is 0. The molecule has 0 aromatic carbocycles. The van der Waals surface area contributed by atoms with Crippen LogP contribution in [0, 0.1) is 12.8 Å². The minimum absolute atomic E-state index is 0.0745. The SMILES string of the molecule is CCN(CC(C)C(=O)O)C(C)c1nccnc1C. The molecule has 1 heterocycles. The molecular weight excluding hydrogens is 230 g/mol. The molecule has 5 heteroatoms. The number of aromatic nitrogens is 2. The summed E-state index contributed by atoms with van der Waals surface area (Å²) in [7, 11) is 0. The molecular formula is C13H21N3O2. The second-order valence-electron chi connectivity index (χ2n) is 4.53. The minimum Gasteiger partial charge on any atom is -0.481 e. The predicted molar refractivity (Wildman–Crippen MR) is 69.2 cm³/mol. The van der Waals surface area contributed by atoms with E-state index in [4.69, 9.17) is 5.11 Å². The third-order valence-electron chi connectivity index (χ3n) is 3.20. The van der Waals surface area contributed by atoms with Crippen molar-refractivity contribution in [3.05, 3.63) is 23.8 Å². The van der Waals surface area contributed by atoms with E-state index in [0.29, 0.717) is 6.54 Å². The highest BCUT2D eigenvalue weighted by molar-refractivity contribution is 5.69. The highest BCUT2D eigenvalue weighted by Crippen LogP contribution is 2.20. The van der Waals surface area contributed by atoms with Gasteiger partial charge in [-0.25, -0.2) is 0 Å². The van der Waals surface area contributed by atoms with Crippen LogP contribution in [-0.2, 0) is 4.79 Å². The molecule has 5 nitrogen and oxygen atoms in total. The second-order valence-corrected chi connectivity index (χ2v) is 4.53. The molecule has 0 aliphatic rings. The van der Waals surface area contributed by atoms with Gasteiger partial charge in [-0.1, -0.05) is 13.8 Å². The molecule has 0 radical (unpaired) electrons. The van der Waals surface area contributed by atoms with Crippen molar-refractivity contribution in [2.75, 3.05) is 13.1 Å². The van der Waals surface area contributed by atoms with Gasteiger partial charge in [0.15, 0.2) is 0 Å². The van der Waals surface area contributed by atoms with Crippen LogP contribution in [0.3, 0.4) is 0 Å². The van der Waals surface area contributed by atoms with Gasteiger partial charge in [0.2, 0.25) is 0 Å². The molecule has 0 bridgehead atoms. The molecule has 0 fully saturated rings. The topological polar surface area (TPSA) is 66.3 Å². The molecule has 0 saturated heterocycles. The number of hydrogen-bond donors (Lipinski definition) is 1. The lowest BCUT2D eigenvalue weighted by molar-refractivity contribution is -0.141. The van der Waals surface area contributed by atoms with E-state index >= 15 is 0 Å². The molecule has 1 aromatic heterocycles. The van der Waals surface area contributed by atoms with E-state index in [1.54, 1.807) is 19.3 Å². The molecule has 18 heavy (non-hydrogen) atoms. The summed E-state index contributed by atoms with van der Waals surface area (Å²) in [6.45, 7) is 9.01. The Kier molecular flexibility index (Phi) is 5.22. The van der Waals surface area contributed by atoms with Crippen molar-refractivity contribution < 1.29 is 9.90 Å². The van der Waals surface area contributed by atoms with Crippen LogP contribution in [0.5, 0.6) is 0 Å². The predicted octanol–water partition coefficient (Wildman–Crippen LogP) is 1.89. The van der Waals surface area contributed by atoms with Crippen LogP contribution >= 0.6 is 0 Å². The van der Waals surface area contributed by atoms with Gasteiger partial charge in [0.1, 0.15) is 0 Å². The molecule has 1 N–H and O–H groups in total. The molecule has 0 aliphatic heterocycles. The Bertz CT molecular complexity index is 409. The molecule has 100 valence electrons. The lowest BCUT2D eigenvalue weighted by atomic mass is 10.1. The molecule has 2 atom stereocenters. The highest BCUT2D eigenvalue weighted by atomic mass is 16.4. The van der Waals surface area contributed by atoms with Gasteiger partial charge in [-0.15, -0.1) is 0 Å². The van der Waals surface area contributed by atoms with E-state index < -0.39 is 5.97 Å². The van der Waals surface area contributed by atoms with E-state index in [1.807, 2.05) is 20.8 Å². The van der Waals surface area contributed by atoms with Gasteiger partial charge in [-0.2, -0.15) is 0 Å². The van der Waals surface area contributed by atoms with Crippen molar-refractivity contribution in [2.24, 2.45) is 5.92 Å². The highest BCUT2D eigenvalue weighted by Gasteiger charge is 2.22. The molecule has 0 amide bonds. The maximum atomic E-state index is 10.9. The van der Waals surface area contributed by atoms with Gasteiger partial charge < -0.3 is 5.11 Å². The molecule has 0 aliphatic carbocycles. The van der Waals surface area contributed by atoms with Crippen LogP contribution in [0.15, 0.2) is 12.4 Å². The Morgan fingerprint density at radius 1 is 1.39 bits per heavy atom. The first kappa shape index (κ1) is 14.6. The maximum absolute atomic E-state index is 10.9. The number of aryl methyl sites for hydroxylation is 1. The lowest BCUT2D eigenvalue weighted by Gasteiger charge is -2.29. The average Bonchev–Trinajstić information content (AvgIpc) is 2.35. The van der Waals surface area contributed by atoms with Crippen molar-refractivity contribution in [1.82, 2.24) is 14.9 Å². The van der Waals surface area contributed by atoms with E-state index in [9.17, 15) is 4.79 Å². The summed E-state index contributed by atoms with van der Waals surface area (Å²) >= 11 is 0. The Balaban J connectivity index is 2.83. The zero-order chi connectivity index (χ0) is 13.7. The molecule has 2 unspecified atom stereocenters. The van der Waals surface area contributed by atoms with Crippen LogP contribution in [0.2, 0.25) is 0 Å². The van der Waals surface area contributed by atoms with Crippen LogP contribution in [0.4, 0.5) is 0 Å². The van der Waals surface area contributed by atoms with Crippen LogP contribution in [-0.4, -0.2) is 39.0 Å². The number of nitrogens with zero attached hydrogens (tertiary/aromatic N) is 3. The van der Waals surface area contributed by atoms with E-state index in [0.717, 1.165) is 17.9 Å². The van der Waals surface area contributed by atoms with Crippen molar-refractivity contribution in [2.45, 2.75) is 33.7 Å². The van der Waals surface area contributed by atoms with E-state index in [1.165, 1.54) is 0 Å². The van der Waals surface area contributed by atoms with E-state index in [2.05, 4.69) is 14.9 Å². The monoisotopic (exact) mass is 251 g/mol. The number of hydrogen-bond acceptors (Lipinski definition) is 4. The normalized spacial score (nSPS) is 14.5. The zero-order valence-electron chi connectivity index (χ0n) is 11.4. The van der Waals surface area contributed by atoms with Crippen LogP contribution in [0.25, 0.3) is 0 Å². The number of carboxylic acids is 1. The zero-order valence-corrected chi connectivity index (χ0v) is 11.4. The summed E-state index contributed by atoms with van der Waals surface area (Å²) in [5.74, 6) is -1.15. The summed E-state index contributed by atoms with van der Waals surface area (Å²) in [4.78, 5) is 21.6. The number of carboxylic acid groups (broad SMARTS) is 1. The summed E-state index contributed by atoms with van der Waals surface area (Å²) in [5.41, 5.74) is 1.81. The smallest absolute Gasteiger partial charge is 0.307 e. The fourth-order valence-corrected chi connectivity index (χ4v) is 1.99. The number of carbonyl (C=O) groups is 1.